The molecule has 34 heavy (non-hydrogen) atoms. The number of nitrogens with zero attached hydrogens (tertiary/aromatic N) is 4. The Kier molecular flexibility index (Phi) is 5.45. The molecule has 0 amide bonds. The van der Waals surface area contributed by atoms with E-state index in [1.807, 2.05) is 13.8 Å². The number of anilines is 1. The van der Waals surface area contributed by atoms with Crippen LogP contribution in [-0.4, -0.2) is 60.9 Å². The van der Waals surface area contributed by atoms with Crippen molar-refractivity contribution in [2.24, 2.45) is 0 Å². The molecular weight excluding hydrogens is 465 g/mol. The second kappa shape index (κ2) is 8.39. The van der Waals surface area contributed by atoms with Crippen LogP contribution >= 0.6 is 11.6 Å². The molecule has 3 N–H and O–H groups in total. The van der Waals surface area contributed by atoms with Gasteiger partial charge in [0.1, 0.15) is 23.0 Å². The number of aromatic nitrogens is 4. The van der Waals surface area contributed by atoms with Gasteiger partial charge in [0.15, 0.2) is 12.1 Å². The summed E-state index contributed by atoms with van der Waals surface area (Å²) in [7, 11) is 0. The van der Waals surface area contributed by atoms with Gasteiger partial charge < -0.3 is 29.6 Å². The van der Waals surface area contributed by atoms with Gasteiger partial charge in [0, 0.05) is 13.0 Å². The molecule has 0 saturated carbocycles. The second-order valence-corrected chi connectivity index (χ2v) is 9.81. The maximum absolute atomic E-state index is 15.2. The van der Waals surface area contributed by atoms with Crippen LogP contribution in [0.3, 0.4) is 0 Å². The summed E-state index contributed by atoms with van der Waals surface area (Å²) in [5.74, 6) is -0.102. The van der Waals surface area contributed by atoms with E-state index in [-0.39, 0.29) is 34.8 Å². The fourth-order valence-corrected chi connectivity index (χ4v) is 4.60. The number of halogens is 2. The standard InChI is InChI=1S/C23H27ClFN5O4/c1-10(2)30-16-6-11(5-14(25)18(16)28-21(30)23(3,4)32)17-13(24)8-26-22(29-17)27-15-7-12-9-33-20(34-12)19(15)31/h5-6,8,10,12,15,19-20,31-32H,7,9H2,1-4H3,(H,26,27,29)/t12-,15+,19-,20+/m0/s1/i7D/t7-,12-,15+,19-,20+. The van der Waals surface area contributed by atoms with Crippen LogP contribution in [0.2, 0.25) is 5.02 Å². The van der Waals surface area contributed by atoms with Crippen LogP contribution in [0.5, 0.6) is 0 Å². The molecule has 9 nitrogen and oxygen atoms in total. The number of fused-ring (bicyclic) bond motifs is 3. The Morgan fingerprint density at radius 2 is 2.12 bits per heavy atom. The van der Waals surface area contributed by atoms with Crippen LogP contribution in [0, 0.1) is 5.82 Å². The summed E-state index contributed by atoms with van der Waals surface area (Å²) < 4.78 is 36.3. The minimum absolute atomic E-state index is 0.101. The molecule has 2 fully saturated rings. The monoisotopic (exact) mass is 492 g/mol. The molecule has 182 valence electrons. The molecule has 4 heterocycles. The van der Waals surface area contributed by atoms with Crippen LogP contribution in [0.25, 0.3) is 22.3 Å². The van der Waals surface area contributed by atoms with E-state index >= 15 is 4.39 Å². The Balaban J connectivity index is 1.56. The Bertz CT molecular complexity index is 1270. The highest BCUT2D eigenvalue weighted by Gasteiger charge is 2.43. The summed E-state index contributed by atoms with van der Waals surface area (Å²) in [6, 6.07) is 2.18. The molecule has 2 aliphatic heterocycles. The average Bonchev–Trinajstić information content (AvgIpc) is 3.40. The fraction of sp³-hybridized carbons (Fsp3) is 0.522. The Morgan fingerprint density at radius 1 is 1.35 bits per heavy atom. The van der Waals surface area contributed by atoms with Crippen molar-refractivity contribution in [2.75, 3.05) is 11.9 Å². The fourth-order valence-electron chi connectivity index (χ4n) is 4.40. The minimum atomic E-state index is -1.28. The lowest BCUT2D eigenvalue weighted by Crippen LogP contribution is -2.48. The smallest absolute Gasteiger partial charge is 0.223 e. The third kappa shape index (κ3) is 4.03. The predicted octanol–water partition coefficient (Wildman–Crippen LogP) is 3.38. The molecule has 2 saturated heterocycles. The summed E-state index contributed by atoms with van der Waals surface area (Å²) in [6.07, 6.45) is -1.80. The maximum atomic E-state index is 15.2. The van der Waals surface area contributed by atoms with E-state index in [0.717, 1.165) is 0 Å². The van der Waals surface area contributed by atoms with Gasteiger partial charge in [0.05, 0.1) is 41.2 Å². The number of aliphatic hydroxyl groups excluding tert-OH is 1. The van der Waals surface area contributed by atoms with Gasteiger partial charge in [-0.25, -0.2) is 19.3 Å². The zero-order valence-corrected chi connectivity index (χ0v) is 19.9. The van der Waals surface area contributed by atoms with Gasteiger partial charge in [0.2, 0.25) is 5.95 Å². The molecule has 2 bridgehead atoms. The average molecular weight is 493 g/mol. The van der Waals surface area contributed by atoms with Gasteiger partial charge in [-0.15, -0.1) is 0 Å². The quantitative estimate of drug-likeness (QED) is 0.496. The summed E-state index contributed by atoms with van der Waals surface area (Å²) >= 11 is 6.41. The van der Waals surface area contributed by atoms with Crippen LogP contribution in [-0.2, 0) is 15.1 Å². The van der Waals surface area contributed by atoms with Gasteiger partial charge in [-0.2, -0.15) is 0 Å². The molecule has 0 radical (unpaired) electrons. The van der Waals surface area contributed by atoms with Gasteiger partial charge in [-0.1, -0.05) is 11.6 Å². The predicted molar refractivity (Wildman–Crippen MR) is 124 cm³/mol. The molecule has 2 aromatic heterocycles. The summed E-state index contributed by atoms with van der Waals surface area (Å²) in [5.41, 5.74) is 0.0265. The van der Waals surface area contributed by atoms with Crippen molar-refractivity contribution >= 4 is 28.6 Å². The zero-order chi connectivity index (χ0) is 25.2. The minimum Gasteiger partial charge on any atom is -0.386 e. The van der Waals surface area contributed by atoms with Crippen molar-refractivity contribution in [3.05, 3.63) is 35.0 Å². The number of benzene rings is 1. The lowest BCUT2D eigenvalue weighted by molar-refractivity contribution is -0.156. The highest BCUT2D eigenvalue weighted by molar-refractivity contribution is 6.33. The lowest BCUT2D eigenvalue weighted by Gasteiger charge is -2.32. The van der Waals surface area contributed by atoms with Crippen LogP contribution in [0.1, 0.15) is 47.3 Å². The topological polar surface area (TPSA) is 115 Å². The van der Waals surface area contributed by atoms with Crippen LogP contribution in [0.4, 0.5) is 10.3 Å². The van der Waals surface area contributed by atoms with E-state index in [4.69, 9.17) is 22.4 Å². The van der Waals surface area contributed by atoms with Crippen LogP contribution in [0.15, 0.2) is 18.3 Å². The molecule has 3 aromatic rings. The number of hydrogen-bond donors (Lipinski definition) is 3. The molecular formula is C23H27ClFN5O4. The summed E-state index contributed by atoms with van der Waals surface area (Å²) in [5, 5.41) is 24.3. The first-order chi connectivity index (χ1) is 16.5. The van der Waals surface area contributed by atoms with Gasteiger partial charge in [0.25, 0.3) is 0 Å². The van der Waals surface area contributed by atoms with E-state index in [2.05, 4.69) is 20.3 Å². The molecule has 2 aliphatic rings. The summed E-state index contributed by atoms with van der Waals surface area (Å²) in [6.45, 7) is 7.29. The van der Waals surface area contributed by atoms with Gasteiger partial charge in [-0.3, -0.25) is 0 Å². The van der Waals surface area contributed by atoms with E-state index < -0.39 is 42.4 Å². The molecule has 5 rings (SSSR count). The van der Waals surface area contributed by atoms with Gasteiger partial charge >= 0.3 is 0 Å². The van der Waals surface area contributed by atoms with E-state index in [1.165, 1.54) is 12.3 Å². The third-order valence-electron chi connectivity index (χ3n) is 5.93. The summed E-state index contributed by atoms with van der Waals surface area (Å²) in [4.78, 5) is 13.0. The third-order valence-corrected chi connectivity index (χ3v) is 6.20. The highest BCUT2D eigenvalue weighted by Crippen LogP contribution is 2.35. The number of hydrogen-bond acceptors (Lipinski definition) is 8. The van der Waals surface area contributed by atoms with E-state index in [1.54, 1.807) is 24.5 Å². The lowest BCUT2D eigenvalue weighted by atomic mass is 10.0. The van der Waals surface area contributed by atoms with Crippen molar-refractivity contribution in [1.29, 1.82) is 0 Å². The Hall–Kier alpha value is -2.37. The van der Waals surface area contributed by atoms with Gasteiger partial charge in [-0.05, 0) is 46.2 Å². The van der Waals surface area contributed by atoms with Crippen molar-refractivity contribution in [1.82, 2.24) is 19.5 Å². The highest BCUT2D eigenvalue weighted by atomic mass is 35.5. The van der Waals surface area contributed by atoms with Crippen molar-refractivity contribution in [2.45, 2.75) is 70.3 Å². The first-order valence-electron chi connectivity index (χ1n) is 11.6. The first kappa shape index (κ1) is 22.1. The SMILES string of the molecule is [2H][C@@H]1[C@@H](Nc2ncc(Cl)c(-c3cc(F)c4nc(C(C)(C)O)n(C(C)C)c4c3)n2)[C@H](O)[C@@H]2OC[C@H]1O2. The maximum Gasteiger partial charge on any atom is 0.223 e. The second-order valence-electron chi connectivity index (χ2n) is 9.40. The van der Waals surface area contributed by atoms with Crippen molar-refractivity contribution in [3.63, 3.8) is 0 Å². The number of aliphatic hydroxyl groups is 2. The Morgan fingerprint density at radius 3 is 2.82 bits per heavy atom. The normalized spacial score (nSPS) is 27.4. The molecule has 11 heteroatoms. The number of rotatable bonds is 5. The number of ether oxygens (including phenoxy) is 2. The van der Waals surface area contributed by atoms with Crippen molar-refractivity contribution in [3.8, 4) is 11.3 Å². The van der Waals surface area contributed by atoms with Crippen LogP contribution < -0.4 is 5.32 Å². The molecule has 5 atom stereocenters. The molecule has 0 spiro atoms. The zero-order valence-electron chi connectivity index (χ0n) is 20.2. The number of imidazole rings is 1. The number of nitrogens with one attached hydrogen (secondary N) is 1. The first-order valence-corrected chi connectivity index (χ1v) is 11.4. The Labute approximate surface area is 202 Å². The van der Waals surface area contributed by atoms with E-state index in [0.29, 0.717) is 16.9 Å². The molecule has 0 unspecified atom stereocenters. The van der Waals surface area contributed by atoms with Crippen molar-refractivity contribution < 1.29 is 25.4 Å². The largest absolute Gasteiger partial charge is 0.386 e. The molecule has 0 aliphatic carbocycles. The van der Waals surface area contributed by atoms with E-state index in [9.17, 15) is 10.2 Å². The molecule has 1 aromatic carbocycles.